The molecule has 0 spiro atoms. The third kappa shape index (κ3) is 4.26. The summed E-state index contributed by atoms with van der Waals surface area (Å²) in [5.41, 5.74) is 1.69. The van der Waals surface area contributed by atoms with Crippen LogP contribution in [0, 0.1) is 11.7 Å². The summed E-state index contributed by atoms with van der Waals surface area (Å²) in [7, 11) is 1.58. The van der Waals surface area contributed by atoms with Crippen molar-refractivity contribution in [3.8, 4) is 11.4 Å². The van der Waals surface area contributed by atoms with Crippen molar-refractivity contribution in [2.45, 2.75) is 12.8 Å². The highest BCUT2D eigenvalue weighted by molar-refractivity contribution is 7.17. The molecule has 0 unspecified atom stereocenters. The van der Waals surface area contributed by atoms with Gasteiger partial charge in [-0.1, -0.05) is 6.07 Å². The topological polar surface area (TPSA) is 76.5 Å². The number of halogens is 1. The van der Waals surface area contributed by atoms with Crippen LogP contribution in [0.4, 0.5) is 16.0 Å². The highest BCUT2D eigenvalue weighted by atomic mass is 32.1. The summed E-state index contributed by atoms with van der Waals surface area (Å²) in [5, 5.41) is 4.73. The van der Waals surface area contributed by atoms with E-state index in [1.54, 1.807) is 29.9 Å². The van der Waals surface area contributed by atoms with Crippen molar-refractivity contribution in [2.75, 3.05) is 30.4 Å². The number of hydrogen-bond acceptors (Lipinski definition) is 6. The number of nitrogens with one attached hydrogen (secondary N) is 1. The lowest BCUT2D eigenvalue weighted by atomic mass is 9.97. The number of rotatable bonds is 5. The Labute approximate surface area is 199 Å². The minimum atomic E-state index is -0.354. The zero-order chi connectivity index (χ0) is 23.7. The van der Waals surface area contributed by atoms with E-state index in [2.05, 4.69) is 5.32 Å². The van der Waals surface area contributed by atoms with Crippen LogP contribution < -0.4 is 20.5 Å². The molecule has 5 rings (SSSR count). The van der Waals surface area contributed by atoms with Gasteiger partial charge in [0, 0.05) is 24.8 Å². The maximum atomic E-state index is 13.5. The minimum absolute atomic E-state index is 0.136. The number of ether oxygens (including phenoxy) is 1. The van der Waals surface area contributed by atoms with Gasteiger partial charge in [-0.3, -0.25) is 9.59 Å². The number of aromatic nitrogens is 2. The van der Waals surface area contributed by atoms with Gasteiger partial charge in [0.2, 0.25) is 11.9 Å². The summed E-state index contributed by atoms with van der Waals surface area (Å²) in [4.78, 5) is 33.3. The molecule has 1 saturated heterocycles. The zero-order valence-corrected chi connectivity index (χ0v) is 19.3. The second-order valence-electron chi connectivity index (χ2n) is 8.17. The number of benzene rings is 2. The summed E-state index contributed by atoms with van der Waals surface area (Å²) >= 11 is 1.36. The summed E-state index contributed by atoms with van der Waals surface area (Å²) in [5.74, 6) is 0.350. The van der Waals surface area contributed by atoms with Crippen LogP contribution in [0.15, 0.2) is 64.8 Å². The maximum Gasteiger partial charge on any atom is 0.277 e. The minimum Gasteiger partial charge on any atom is -0.497 e. The van der Waals surface area contributed by atoms with Crippen LogP contribution in [-0.4, -0.2) is 35.7 Å². The molecule has 9 heteroatoms. The van der Waals surface area contributed by atoms with E-state index >= 15 is 0 Å². The normalized spacial score (nSPS) is 15.9. The first-order valence-corrected chi connectivity index (χ1v) is 11.9. The Hall–Kier alpha value is -3.72. The second-order valence-corrected chi connectivity index (χ2v) is 9.09. The number of carbonyl (C=O) groups is 1. The predicted octanol–water partition coefficient (Wildman–Crippen LogP) is 4.45. The standard InChI is InChI=1S/C25H23FN4O3S/c1-33-20-6-2-5-19(14-20)30-24(32)22-21(11-13-34-22)28-25(30)29-12-3-4-16(15-29)23(31)27-18-9-7-17(26)8-10-18/h2,5-11,13-14,16H,3-4,12,15H2,1H3,(H,27,31)/t16-/m1/s1. The Morgan fingerprint density at radius 2 is 2.03 bits per heavy atom. The molecule has 1 fully saturated rings. The summed E-state index contributed by atoms with van der Waals surface area (Å²) in [6.07, 6.45) is 1.49. The van der Waals surface area contributed by atoms with Crippen LogP contribution in [0.5, 0.6) is 5.75 Å². The average molecular weight is 479 g/mol. The van der Waals surface area contributed by atoms with Gasteiger partial charge in [-0.15, -0.1) is 11.3 Å². The van der Waals surface area contributed by atoms with Gasteiger partial charge >= 0.3 is 0 Å². The Morgan fingerprint density at radius 3 is 2.82 bits per heavy atom. The summed E-state index contributed by atoms with van der Waals surface area (Å²) < 4.78 is 20.7. The average Bonchev–Trinajstić information content (AvgIpc) is 3.35. The fraction of sp³-hybridized carbons (Fsp3) is 0.240. The van der Waals surface area contributed by atoms with Crippen molar-refractivity contribution >= 4 is 39.1 Å². The molecular formula is C25H23FN4O3S. The molecule has 174 valence electrons. The molecule has 2 aromatic heterocycles. The molecule has 2 aromatic carbocycles. The van der Waals surface area contributed by atoms with Gasteiger partial charge in [-0.2, -0.15) is 0 Å². The molecule has 7 nitrogen and oxygen atoms in total. The van der Waals surface area contributed by atoms with E-state index in [1.165, 1.54) is 23.5 Å². The van der Waals surface area contributed by atoms with E-state index in [0.717, 1.165) is 6.42 Å². The molecule has 1 aliphatic heterocycles. The third-order valence-corrected chi connectivity index (χ3v) is 6.85. The fourth-order valence-corrected chi connectivity index (χ4v) is 5.01. The van der Waals surface area contributed by atoms with Gasteiger partial charge in [-0.05, 0) is 60.7 Å². The number of fused-ring (bicyclic) bond motifs is 1. The predicted molar refractivity (Wildman–Crippen MR) is 132 cm³/mol. The lowest BCUT2D eigenvalue weighted by molar-refractivity contribution is -0.120. The second kappa shape index (κ2) is 9.26. The molecule has 34 heavy (non-hydrogen) atoms. The first-order chi connectivity index (χ1) is 16.5. The van der Waals surface area contributed by atoms with Crippen molar-refractivity contribution in [3.05, 3.63) is 76.1 Å². The number of amides is 1. The van der Waals surface area contributed by atoms with Gasteiger partial charge < -0.3 is 15.0 Å². The molecule has 0 saturated carbocycles. The first kappa shape index (κ1) is 22.1. The maximum absolute atomic E-state index is 13.5. The SMILES string of the molecule is COc1cccc(-n2c(N3CCC[C@@H](C(=O)Nc4ccc(F)cc4)C3)nc3ccsc3c2=O)c1. The first-order valence-electron chi connectivity index (χ1n) is 11.0. The van der Waals surface area contributed by atoms with Crippen molar-refractivity contribution in [3.63, 3.8) is 0 Å². The van der Waals surface area contributed by atoms with Crippen molar-refractivity contribution in [2.24, 2.45) is 5.92 Å². The van der Waals surface area contributed by atoms with Crippen LogP contribution >= 0.6 is 11.3 Å². The number of thiophene rings is 1. The molecule has 0 aliphatic carbocycles. The van der Waals surface area contributed by atoms with Crippen molar-refractivity contribution in [1.82, 2.24) is 9.55 Å². The van der Waals surface area contributed by atoms with Crippen LogP contribution in [-0.2, 0) is 4.79 Å². The molecule has 0 radical (unpaired) electrons. The largest absolute Gasteiger partial charge is 0.497 e. The van der Waals surface area contributed by atoms with Crippen molar-refractivity contribution < 1.29 is 13.9 Å². The number of piperidine rings is 1. The number of methoxy groups -OCH3 is 1. The molecule has 0 bridgehead atoms. The lowest BCUT2D eigenvalue weighted by Crippen LogP contribution is -2.43. The lowest BCUT2D eigenvalue weighted by Gasteiger charge is -2.34. The molecule has 1 aliphatic rings. The van der Waals surface area contributed by atoms with Crippen molar-refractivity contribution in [1.29, 1.82) is 0 Å². The van der Waals surface area contributed by atoms with E-state index < -0.39 is 0 Å². The molecule has 4 aromatic rings. The number of nitrogens with zero attached hydrogens (tertiary/aromatic N) is 3. The Bertz CT molecular complexity index is 1400. The summed E-state index contributed by atoms with van der Waals surface area (Å²) in [6, 6.07) is 14.8. The van der Waals surface area contributed by atoms with Gasteiger partial charge in [0.05, 0.1) is 24.2 Å². The Morgan fingerprint density at radius 1 is 1.21 bits per heavy atom. The Kier molecular flexibility index (Phi) is 6.02. The van der Waals surface area contributed by atoms with Gasteiger partial charge in [0.15, 0.2) is 0 Å². The zero-order valence-electron chi connectivity index (χ0n) is 18.5. The molecule has 1 N–H and O–H groups in total. The van der Waals surface area contributed by atoms with Crippen LogP contribution in [0.2, 0.25) is 0 Å². The smallest absolute Gasteiger partial charge is 0.277 e. The van der Waals surface area contributed by atoms with Crippen LogP contribution in [0.3, 0.4) is 0 Å². The quantitative estimate of drug-likeness (QED) is 0.459. The van der Waals surface area contributed by atoms with E-state index in [4.69, 9.17) is 9.72 Å². The Balaban J connectivity index is 1.50. The van der Waals surface area contributed by atoms with E-state index in [0.29, 0.717) is 52.8 Å². The van der Waals surface area contributed by atoms with Gasteiger partial charge in [0.1, 0.15) is 16.3 Å². The summed E-state index contributed by atoms with van der Waals surface area (Å²) in [6.45, 7) is 1.09. The highest BCUT2D eigenvalue weighted by Crippen LogP contribution is 2.28. The fourth-order valence-electron chi connectivity index (χ4n) is 4.25. The molecule has 1 amide bonds. The van der Waals surface area contributed by atoms with Gasteiger partial charge in [-0.25, -0.2) is 13.9 Å². The molecule has 1 atom stereocenters. The third-order valence-electron chi connectivity index (χ3n) is 5.96. The van der Waals surface area contributed by atoms with Crippen LogP contribution in [0.1, 0.15) is 12.8 Å². The van der Waals surface area contributed by atoms with Gasteiger partial charge in [0.25, 0.3) is 5.56 Å². The van der Waals surface area contributed by atoms with E-state index in [1.807, 2.05) is 34.5 Å². The molecular weight excluding hydrogens is 455 g/mol. The van der Waals surface area contributed by atoms with E-state index in [9.17, 15) is 14.0 Å². The van der Waals surface area contributed by atoms with Crippen LogP contribution in [0.25, 0.3) is 15.9 Å². The number of carbonyl (C=O) groups excluding carboxylic acids is 1. The molecule has 3 heterocycles. The monoisotopic (exact) mass is 478 g/mol. The number of anilines is 2. The number of hydrogen-bond donors (Lipinski definition) is 1. The van der Waals surface area contributed by atoms with E-state index in [-0.39, 0.29) is 23.2 Å². The highest BCUT2D eigenvalue weighted by Gasteiger charge is 2.29.